The molecule has 172 valence electrons. The van der Waals surface area contributed by atoms with Gasteiger partial charge in [-0.15, -0.1) is 0 Å². The fraction of sp³-hybridized carbons (Fsp3) is 0.407. The number of rotatable bonds is 7. The number of nitriles is 1. The molecule has 1 fully saturated rings. The average molecular weight is 466 g/mol. The van der Waals surface area contributed by atoms with Crippen LogP contribution in [0.25, 0.3) is 0 Å². The van der Waals surface area contributed by atoms with Gasteiger partial charge in [0.2, 0.25) is 0 Å². The van der Waals surface area contributed by atoms with Gasteiger partial charge >= 0.3 is 5.97 Å². The Hall–Kier alpha value is -2.97. The van der Waals surface area contributed by atoms with Gasteiger partial charge in [0.15, 0.2) is 0 Å². The molecule has 2 aromatic rings. The molecule has 0 amide bonds. The average Bonchev–Trinajstić information content (AvgIpc) is 3.36. The number of cyclic esters (lactones) is 1. The number of nitrogens with zero attached hydrogens (tertiary/aromatic N) is 1. The lowest BCUT2D eigenvalue weighted by Gasteiger charge is -2.42. The number of hydrogen-bond donors (Lipinski definition) is 1. The minimum Gasteiger partial charge on any atom is -0.512 e. The van der Waals surface area contributed by atoms with Gasteiger partial charge in [-0.1, -0.05) is 42.6 Å². The fourth-order valence-electron chi connectivity index (χ4n) is 5.16. The van der Waals surface area contributed by atoms with Gasteiger partial charge in [-0.25, -0.2) is 4.79 Å². The standard InChI is InChI=1S/C27H28ClNO4/c1-32-25-10-9-18(15-23(25)28)11-12-27(21-7-2-3-8-21)16-24(30)22(26(31)33-27)14-19-5-4-6-20(13-19)17-29/h4-6,9-10,13,15,21,30H,2-3,7-8,11-12,14,16H2,1H3. The number of aliphatic hydroxyl groups excluding tert-OH is 1. The summed E-state index contributed by atoms with van der Waals surface area (Å²) in [6.07, 6.45) is 6.06. The number of aliphatic hydroxyl groups is 1. The number of carbonyl (C=O) groups excluding carboxylic acids is 1. The van der Waals surface area contributed by atoms with Crippen molar-refractivity contribution in [3.8, 4) is 11.8 Å². The molecule has 0 radical (unpaired) electrons. The van der Waals surface area contributed by atoms with Gasteiger partial charge in [0.1, 0.15) is 17.1 Å². The van der Waals surface area contributed by atoms with Crippen LogP contribution in [0.5, 0.6) is 5.75 Å². The predicted molar refractivity (Wildman–Crippen MR) is 126 cm³/mol. The molecule has 2 aliphatic rings. The van der Waals surface area contributed by atoms with E-state index in [1.165, 1.54) is 0 Å². The van der Waals surface area contributed by atoms with E-state index < -0.39 is 11.6 Å². The van der Waals surface area contributed by atoms with E-state index >= 15 is 0 Å². The first kappa shape index (κ1) is 23.2. The number of halogens is 1. The SMILES string of the molecule is COc1ccc(CCC2(C3CCCC3)CC(O)=C(Cc3cccc(C#N)c3)C(=O)O2)cc1Cl. The number of esters is 1. The predicted octanol–water partition coefficient (Wildman–Crippen LogP) is 6.08. The van der Waals surface area contributed by atoms with Crippen LogP contribution in [0, 0.1) is 17.2 Å². The molecule has 4 rings (SSSR count). The minimum atomic E-state index is -0.720. The molecule has 0 aromatic heterocycles. The van der Waals surface area contributed by atoms with Crippen LogP contribution in [0.15, 0.2) is 53.8 Å². The van der Waals surface area contributed by atoms with Gasteiger partial charge in [0.05, 0.1) is 29.3 Å². The van der Waals surface area contributed by atoms with Gasteiger partial charge in [0, 0.05) is 12.8 Å². The molecular formula is C27H28ClNO4. The van der Waals surface area contributed by atoms with Crippen LogP contribution in [0.1, 0.15) is 55.2 Å². The number of ether oxygens (including phenoxy) is 2. The zero-order chi connectivity index (χ0) is 23.4. The summed E-state index contributed by atoms with van der Waals surface area (Å²) in [5, 5.41) is 20.7. The van der Waals surface area contributed by atoms with Crippen molar-refractivity contribution in [3.05, 3.63) is 75.5 Å². The molecule has 33 heavy (non-hydrogen) atoms. The highest BCUT2D eigenvalue weighted by Gasteiger charge is 2.47. The molecular weight excluding hydrogens is 438 g/mol. The van der Waals surface area contributed by atoms with Crippen molar-refractivity contribution >= 4 is 17.6 Å². The lowest BCUT2D eigenvalue weighted by atomic mass is 9.76. The second kappa shape index (κ2) is 9.89. The molecule has 1 atom stereocenters. The molecule has 1 N–H and O–H groups in total. The summed E-state index contributed by atoms with van der Waals surface area (Å²) in [7, 11) is 1.58. The molecule has 0 saturated heterocycles. The van der Waals surface area contributed by atoms with Crippen LogP contribution in [-0.4, -0.2) is 23.8 Å². The second-order valence-electron chi connectivity index (χ2n) is 9.00. The van der Waals surface area contributed by atoms with E-state index in [9.17, 15) is 9.90 Å². The number of methoxy groups -OCH3 is 1. The normalized spacial score (nSPS) is 21.1. The molecule has 1 unspecified atom stereocenters. The molecule has 1 saturated carbocycles. The Balaban J connectivity index is 1.57. The van der Waals surface area contributed by atoms with Crippen LogP contribution >= 0.6 is 11.6 Å². The lowest BCUT2D eigenvalue weighted by molar-refractivity contribution is -0.167. The minimum absolute atomic E-state index is 0.105. The van der Waals surface area contributed by atoms with Crippen molar-refractivity contribution in [1.82, 2.24) is 0 Å². The third-order valence-corrected chi connectivity index (χ3v) is 7.24. The van der Waals surface area contributed by atoms with Gasteiger partial charge in [0.25, 0.3) is 0 Å². The van der Waals surface area contributed by atoms with Crippen molar-refractivity contribution < 1.29 is 19.4 Å². The van der Waals surface area contributed by atoms with E-state index in [2.05, 4.69) is 6.07 Å². The monoisotopic (exact) mass is 465 g/mol. The maximum absolute atomic E-state index is 13.1. The third-order valence-electron chi connectivity index (χ3n) is 6.95. The van der Waals surface area contributed by atoms with Crippen molar-refractivity contribution in [2.24, 2.45) is 5.92 Å². The summed E-state index contributed by atoms with van der Waals surface area (Å²) in [6.45, 7) is 0. The van der Waals surface area contributed by atoms with Gasteiger partial charge in [-0.2, -0.15) is 5.26 Å². The fourth-order valence-corrected chi connectivity index (χ4v) is 5.44. The number of aryl methyl sites for hydroxylation is 1. The number of carbonyl (C=O) groups is 1. The highest BCUT2D eigenvalue weighted by Crippen LogP contribution is 2.46. The van der Waals surface area contributed by atoms with Crippen LogP contribution in [-0.2, 0) is 22.4 Å². The van der Waals surface area contributed by atoms with Gasteiger partial charge < -0.3 is 14.6 Å². The first-order chi connectivity index (χ1) is 15.9. The zero-order valence-corrected chi connectivity index (χ0v) is 19.5. The van der Waals surface area contributed by atoms with Crippen LogP contribution in [0.3, 0.4) is 0 Å². The maximum Gasteiger partial charge on any atom is 0.338 e. The summed E-state index contributed by atoms with van der Waals surface area (Å²) in [5.74, 6) is 0.496. The Morgan fingerprint density at radius 1 is 1.21 bits per heavy atom. The highest BCUT2D eigenvalue weighted by atomic mass is 35.5. The van der Waals surface area contributed by atoms with Crippen molar-refractivity contribution in [2.75, 3.05) is 7.11 Å². The van der Waals surface area contributed by atoms with E-state index in [0.717, 1.165) is 36.8 Å². The molecule has 0 spiro atoms. The molecule has 1 heterocycles. The van der Waals surface area contributed by atoms with E-state index in [0.29, 0.717) is 35.6 Å². The van der Waals surface area contributed by atoms with Crippen molar-refractivity contribution in [3.63, 3.8) is 0 Å². The summed E-state index contributed by atoms with van der Waals surface area (Å²) < 4.78 is 11.4. The molecule has 6 heteroatoms. The van der Waals surface area contributed by atoms with E-state index in [1.807, 2.05) is 24.3 Å². The molecule has 0 bridgehead atoms. The number of benzene rings is 2. The van der Waals surface area contributed by atoms with Crippen molar-refractivity contribution in [2.45, 2.75) is 57.0 Å². The smallest absolute Gasteiger partial charge is 0.338 e. The van der Waals surface area contributed by atoms with E-state index in [-0.39, 0.29) is 23.7 Å². The van der Waals surface area contributed by atoms with Gasteiger partial charge in [-0.3, -0.25) is 0 Å². The summed E-state index contributed by atoms with van der Waals surface area (Å²) in [6, 6.07) is 14.9. The Morgan fingerprint density at radius 2 is 2.00 bits per heavy atom. The van der Waals surface area contributed by atoms with Crippen molar-refractivity contribution in [1.29, 1.82) is 5.26 Å². The van der Waals surface area contributed by atoms with E-state index in [4.69, 9.17) is 26.3 Å². The summed E-state index contributed by atoms with van der Waals surface area (Å²) >= 11 is 6.30. The highest BCUT2D eigenvalue weighted by molar-refractivity contribution is 6.32. The third kappa shape index (κ3) is 5.02. The Morgan fingerprint density at radius 3 is 2.67 bits per heavy atom. The second-order valence-corrected chi connectivity index (χ2v) is 9.40. The first-order valence-electron chi connectivity index (χ1n) is 11.4. The Bertz CT molecular complexity index is 1110. The van der Waals surface area contributed by atoms with E-state index in [1.54, 1.807) is 25.3 Å². The summed E-state index contributed by atoms with van der Waals surface area (Å²) in [4.78, 5) is 13.1. The van der Waals surface area contributed by atoms with Gasteiger partial charge in [-0.05, 0) is 67.0 Å². The molecule has 1 aliphatic carbocycles. The van der Waals surface area contributed by atoms with Crippen LogP contribution in [0.2, 0.25) is 5.02 Å². The summed E-state index contributed by atoms with van der Waals surface area (Å²) in [5.41, 5.74) is 1.93. The first-order valence-corrected chi connectivity index (χ1v) is 11.8. The molecule has 2 aromatic carbocycles. The van der Waals surface area contributed by atoms with Crippen LogP contribution < -0.4 is 4.74 Å². The lowest BCUT2D eigenvalue weighted by Crippen LogP contribution is -2.46. The van der Waals surface area contributed by atoms with Crippen LogP contribution in [0.4, 0.5) is 0 Å². The maximum atomic E-state index is 13.1. The Kier molecular flexibility index (Phi) is 6.95. The largest absolute Gasteiger partial charge is 0.512 e. The molecule has 1 aliphatic heterocycles. The topological polar surface area (TPSA) is 79.5 Å². The quantitative estimate of drug-likeness (QED) is 0.501. The number of hydrogen-bond acceptors (Lipinski definition) is 5. The molecule has 5 nitrogen and oxygen atoms in total. The Labute approximate surface area is 199 Å². The zero-order valence-electron chi connectivity index (χ0n) is 18.8.